The number of primary amides is 1. The van der Waals surface area contributed by atoms with Crippen molar-refractivity contribution in [3.63, 3.8) is 0 Å². The molecule has 0 aliphatic rings. The first-order chi connectivity index (χ1) is 13.6. The van der Waals surface area contributed by atoms with Gasteiger partial charge in [0, 0.05) is 18.3 Å². The van der Waals surface area contributed by atoms with Gasteiger partial charge in [0.15, 0.2) is 0 Å². The number of likely N-dealkylation sites (N-methyl/N-ethyl adjacent to an activating group) is 1. The van der Waals surface area contributed by atoms with Gasteiger partial charge in [-0.3, -0.25) is 14.4 Å². The number of rotatable bonds is 8. The molecule has 2 aromatic rings. The van der Waals surface area contributed by atoms with Crippen LogP contribution in [0.25, 0.3) is 0 Å². The molecule has 0 unspecified atom stereocenters. The molecule has 0 fully saturated rings. The molecule has 2 aromatic carbocycles. The monoisotopic (exact) mass is 418 g/mol. The predicted octanol–water partition coefficient (Wildman–Crippen LogP) is 0.469. The third-order valence-corrected chi connectivity index (χ3v) is 5.33. The summed E-state index contributed by atoms with van der Waals surface area (Å²) in [7, 11) is -2.45. The molecule has 0 aromatic heterocycles. The van der Waals surface area contributed by atoms with Gasteiger partial charge < -0.3 is 16.0 Å². The maximum Gasteiger partial charge on any atom is 0.254 e. The lowest BCUT2D eigenvalue weighted by Crippen LogP contribution is -2.35. The van der Waals surface area contributed by atoms with Gasteiger partial charge in [0.25, 0.3) is 5.91 Å². The molecule has 0 atom stereocenters. The van der Waals surface area contributed by atoms with Crippen LogP contribution in [-0.2, 0) is 19.6 Å². The Kier molecular flexibility index (Phi) is 7.08. The molecular formula is C19H22N4O5S. The van der Waals surface area contributed by atoms with E-state index in [2.05, 4.69) is 5.32 Å². The van der Waals surface area contributed by atoms with Crippen molar-refractivity contribution < 1.29 is 22.8 Å². The predicted molar refractivity (Wildman–Crippen MR) is 108 cm³/mol. The van der Waals surface area contributed by atoms with E-state index in [9.17, 15) is 22.8 Å². The summed E-state index contributed by atoms with van der Waals surface area (Å²) < 4.78 is 26.1. The normalized spacial score (nSPS) is 11.0. The van der Waals surface area contributed by atoms with Crippen LogP contribution in [0, 0.1) is 6.92 Å². The van der Waals surface area contributed by atoms with E-state index in [1.807, 2.05) is 23.8 Å². The topological polar surface area (TPSA) is 139 Å². The first-order valence-electron chi connectivity index (χ1n) is 8.58. The van der Waals surface area contributed by atoms with Crippen molar-refractivity contribution in [2.45, 2.75) is 11.8 Å². The van der Waals surface area contributed by atoms with E-state index in [4.69, 9.17) is 5.73 Å². The van der Waals surface area contributed by atoms with Crippen molar-refractivity contribution in [2.75, 3.05) is 25.5 Å². The van der Waals surface area contributed by atoms with E-state index in [0.717, 1.165) is 5.56 Å². The van der Waals surface area contributed by atoms with Crippen LogP contribution in [-0.4, -0.2) is 51.2 Å². The van der Waals surface area contributed by atoms with Gasteiger partial charge in [0.1, 0.15) is 0 Å². The fourth-order valence-electron chi connectivity index (χ4n) is 2.37. The Balaban J connectivity index is 1.99. The minimum absolute atomic E-state index is 0.116. The summed E-state index contributed by atoms with van der Waals surface area (Å²) in [6.45, 7) is 1.23. The molecule has 0 aliphatic heterocycles. The van der Waals surface area contributed by atoms with Crippen LogP contribution in [0.5, 0.6) is 0 Å². The van der Waals surface area contributed by atoms with Crippen LogP contribution in [0.2, 0.25) is 0 Å². The first-order valence-corrected chi connectivity index (χ1v) is 10.1. The molecule has 0 heterocycles. The highest BCUT2D eigenvalue weighted by Crippen LogP contribution is 2.12. The van der Waals surface area contributed by atoms with Crippen molar-refractivity contribution >= 4 is 33.4 Å². The standard InChI is InChI=1S/C19H22N4O5S/c1-13-3-7-15(8-4-13)22-18(25)12-23(2)19(26)14-5-9-16(10-6-14)29(27,28)21-11-17(20)24/h3-10,21H,11-12H2,1-2H3,(H2,20,24)(H,22,25). The maximum absolute atomic E-state index is 12.5. The highest BCUT2D eigenvalue weighted by Gasteiger charge is 2.18. The minimum Gasteiger partial charge on any atom is -0.369 e. The van der Waals surface area contributed by atoms with E-state index in [1.165, 1.54) is 36.2 Å². The smallest absolute Gasteiger partial charge is 0.254 e. The molecule has 154 valence electrons. The third kappa shape index (κ3) is 6.40. The van der Waals surface area contributed by atoms with E-state index >= 15 is 0 Å². The zero-order valence-electron chi connectivity index (χ0n) is 16.0. The molecule has 0 spiro atoms. The number of aryl methyl sites for hydroxylation is 1. The molecule has 9 nitrogen and oxygen atoms in total. The van der Waals surface area contributed by atoms with Crippen LogP contribution in [0.15, 0.2) is 53.4 Å². The van der Waals surface area contributed by atoms with Gasteiger partial charge >= 0.3 is 0 Å². The number of hydrogen-bond acceptors (Lipinski definition) is 5. The molecular weight excluding hydrogens is 396 g/mol. The number of benzene rings is 2. The second-order valence-electron chi connectivity index (χ2n) is 6.39. The molecule has 3 amide bonds. The van der Waals surface area contributed by atoms with Crippen molar-refractivity contribution in [1.29, 1.82) is 0 Å². The van der Waals surface area contributed by atoms with Crippen LogP contribution >= 0.6 is 0 Å². The number of carbonyl (C=O) groups excluding carboxylic acids is 3. The number of hydrogen-bond donors (Lipinski definition) is 3. The van der Waals surface area contributed by atoms with E-state index in [1.54, 1.807) is 12.1 Å². The number of amides is 3. The number of nitrogens with zero attached hydrogens (tertiary/aromatic N) is 1. The van der Waals surface area contributed by atoms with Gasteiger partial charge in [-0.2, -0.15) is 0 Å². The Hall–Kier alpha value is -3.24. The van der Waals surface area contributed by atoms with Crippen LogP contribution in [0.1, 0.15) is 15.9 Å². The number of carbonyl (C=O) groups is 3. The van der Waals surface area contributed by atoms with Crippen molar-refractivity contribution in [3.8, 4) is 0 Å². The zero-order chi connectivity index (χ0) is 21.6. The second kappa shape index (κ2) is 9.30. The molecule has 0 bridgehead atoms. The fraction of sp³-hybridized carbons (Fsp3) is 0.211. The molecule has 0 saturated carbocycles. The van der Waals surface area contributed by atoms with Gasteiger partial charge in [0.05, 0.1) is 18.0 Å². The molecule has 0 radical (unpaired) electrons. The van der Waals surface area contributed by atoms with Gasteiger partial charge in [0.2, 0.25) is 21.8 Å². The Morgan fingerprint density at radius 2 is 1.59 bits per heavy atom. The highest BCUT2D eigenvalue weighted by atomic mass is 32.2. The lowest BCUT2D eigenvalue weighted by molar-refractivity contribution is -0.117. The minimum atomic E-state index is -3.91. The average Bonchev–Trinajstić information content (AvgIpc) is 2.67. The van der Waals surface area contributed by atoms with Crippen molar-refractivity contribution in [1.82, 2.24) is 9.62 Å². The summed E-state index contributed by atoms with van der Waals surface area (Å²) >= 11 is 0. The Morgan fingerprint density at radius 3 is 2.14 bits per heavy atom. The Bertz CT molecular complexity index is 1000. The van der Waals surface area contributed by atoms with Crippen LogP contribution in [0.4, 0.5) is 5.69 Å². The number of sulfonamides is 1. The lowest BCUT2D eigenvalue weighted by Gasteiger charge is -2.17. The van der Waals surface area contributed by atoms with Gasteiger partial charge in [-0.05, 0) is 43.3 Å². The lowest BCUT2D eigenvalue weighted by atomic mass is 10.2. The fourth-order valence-corrected chi connectivity index (χ4v) is 3.36. The maximum atomic E-state index is 12.5. The van der Waals surface area contributed by atoms with Gasteiger partial charge in [-0.1, -0.05) is 17.7 Å². The summed E-state index contributed by atoms with van der Waals surface area (Å²) in [5.74, 6) is -1.62. The number of nitrogens with two attached hydrogens (primary N) is 1. The quantitative estimate of drug-likeness (QED) is 0.572. The highest BCUT2D eigenvalue weighted by molar-refractivity contribution is 7.89. The largest absolute Gasteiger partial charge is 0.369 e. The molecule has 2 rings (SSSR count). The first kappa shape index (κ1) is 22.1. The Labute approximate surface area is 168 Å². The molecule has 0 saturated heterocycles. The van der Waals surface area contributed by atoms with Gasteiger partial charge in [-0.25, -0.2) is 13.1 Å². The van der Waals surface area contributed by atoms with E-state index < -0.39 is 28.4 Å². The zero-order valence-corrected chi connectivity index (χ0v) is 16.8. The van der Waals surface area contributed by atoms with Crippen molar-refractivity contribution in [2.24, 2.45) is 5.73 Å². The number of anilines is 1. The van der Waals surface area contributed by atoms with Crippen LogP contribution in [0.3, 0.4) is 0 Å². The summed E-state index contributed by atoms with van der Waals surface area (Å²) in [5, 5.41) is 2.70. The van der Waals surface area contributed by atoms with E-state index in [-0.39, 0.29) is 22.9 Å². The van der Waals surface area contributed by atoms with E-state index in [0.29, 0.717) is 5.69 Å². The Morgan fingerprint density at radius 1 is 1.00 bits per heavy atom. The molecule has 0 aliphatic carbocycles. The SMILES string of the molecule is Cc1ccc(NC(=O)CN(C)C(=O)c2ccc(S(=O)(=O)NCC(N)=O)cc2)cc1. The number of nitrogens with one attached hydrogen (secondary N) is 2. The second-order valence-corrected chi connectivity index (χ2v) is 8.16. The summed E-state index contributed by atoms with van der Waals surface area (Å²) in [5.41, 5.74) is 6.82. The molecule has 29 heavy (non-hydrogen) atoms. The summed E-state index contributed by atoms with van der Waals surface area (Å²) in [6.07, 6.45) is 0. The molecule has 10 heteroatoms. The van der Waals surface area contributed by atoms with Crippen LogP contribution < -0.4 is 15.8 Å². The summed E-state index contributed by atoms with van der Waals surface area (Å²) in [6, 6.07) is 12.4. The van der Waals surface area contributed by atoms with Crippen molar-refractivity contribution in [3.05, 3.63) is 59.7 Å². The van der Waals surface area contributed by atoms with Gasteiger partial charge in [-0.15, -0.1) is 0 Å². The summed E-state index contributed by atoms with van der Waals surface area (Å²) in [4.78, 5) is 36.4. The third-order valence-electron chi connectivity index (χ3n) is 3.91. The average molecular weight is 418 g/mol. The molecule has 4 N–H and O–H groups in total.